The Morgan fingerprint density at radius 2 is 1.63 bits per heavy atom. The van der Waals surface area contributed by atoms with E-state index in [1.165, 1.54) is 12.1 Å². The Kier molecular flexibility index (Phi) is 4.75. The van der Waals surface area contributed by atoms with Crippen molar-refractivity contribution < 1.29 is 9.53 Å². The fourth-order valence-corrected chi connectivity index (χ4v) is 3.09. The molecule has 27 heavy (non-hydrogen) atoms. The van der Waals surface area contributed by atoms with Crippen LogP contribution in [-0.4, -0.2) is 15.9 Å². The molecule has 0 fully saturated rings. The first kappa shape index (κ1) is 17.5. The molecule has 0 aliphatic heterocycles. The summed E-state index contributed by atoms with van der Waals surface area (Å²) in [6.07, 6.45) is 1.72. The predicted molar refractivity (Wildman–Crippen MR) is 106 cm³/mol. The van der Waals surface area contributed by atoms with Crippen molar-refractivity contribution in [2.24, 2.45) is 0 Å². The summed E-state index contributed by atoms with van der Waals surface area (Å²) in [7, 11) is 0. The van der Waals surface area contributed by atoms with Gasteiger partial charge in [-0.2, -0.15) is 0 Å². The van der Waals surface area contributed by atoms with E-state index in [9.17, 15) is 4.79 Å². The van der Waals surface area contributed by atoms with Gasteiger partial charge in [0.15, 0.2) is 0 Å². The maximum Gasteiger partial charge on any atom is 0.345 e. The molecule has 0 unspecified atom stereocenters. The highest BCUT2D eigenvalue weighted by atomic mass is 35.5. The third-order valence-electron chi connectivity index (χ3n) is 3.96. The van der Waals surface area contributed by atoms with Crippen molar-refractivity contribution in [3.05, 3.63) is 88.5 Å². The SMILES string of the molecule is O=C(Oc1ccc(-c2cnc3ccccc3n2)cc1)c1ccc(Cl)cc1Cl. The smallest absolute Gasteiger partial charge is 0.345 e. The highest BCUT2D eigenvalue weighted by molar-refractivity contribution is 6.36. The number of fused-ring (bicyclic) bond motifs is 1. The van der Waals surface area contributed by atoms with E-state index in [1.54, 1.807) is 24.4 Å². The molecular formula is C21H12Cl2N2O2. The predicted octanol–water partition coefficient (Wildman–Crippen LogP) is 5.82. The van der Waals surface area contributed by atoms with E-state index in [2.05, 4.69) is 9.97 Å². The van der Waals surface area contributed by atoms with Crippen LogP contribution in [0.4, 0.5) is 0 Å². The molecule has 0 bridgehead atoms. The van der Waals surface area contributed by atoms with Gasteiger partial charge in [-0.25, -0.2) is 9.78 Å². The van der Waals surface area contributed by atoms with Gasteiger partial charge < -0.3 is 4.74 Å². The van der Waals surface area contributed by atoms with Gasteiger partial charge in [-0.3, -0.25) is 4.98 Å². The van der Waals surface area contributed by atoms with Gasteiger partial charge in [0.1, 0.15) is 5.75 Å². The Balaban J connectivity index is 1.55. The summed E-state index contributed by atoms with van der Waals surface area (Å²) in [5, 5.41) is 0.702. The van der Waals surface area contributed by atoms with Crippen LogP contribution in [0.1, 0.15) is 10.4 Å². The van der Waals surface area contributed by atoms with Crippen LogP contribution in [0.2, 0.25) is 10.0 Å². The first-order valence-corrected chi connectivity index (χ1v) is 8.85. The molecule has 0 spiro atoms. The average molecular weight is 395 g/mol. The number of nitrogens with zero attached hydrogens (tertiary/aromatic N) is 2. The topological polar surface area (TPSA) is 52.1 Å². The summed E-state index contributed by atoms with van der Waals surface area (Å²) in [6, 6.07) is 19.3. The fourth-order valence-electron chi connectivity index (χ4n) is 2.61. The van der Waals surface area contributed by atoms with Gasteiger partial charge in [0.2, 0.25) is 0 Å². The number of hydrogen-bond acceptors (Lipinski definition) is 4. The lowest BCUT2D eigenvalue weighted by Crippen LogP contribution is -2.09. The maximum absolute atomic E-state index is 12.3. The summed E-state index contributed by atoms with van der Waals surface area (Å²) < 4.78 is 5.38. The largest absolute Gasteiger partial charge is 0.423 e. The molecule has 0 N–H and O–H groups in total. The number of aromatic nitrogens is 2. The molecule has 4 nitrogen and oxygen atoms in total. The molecule has 0 radical (unpaired) electrons. The first-order chi connectivity index (χ1) is 13.1. The quantitative estimate of drug-likeness (QED) is 0.324. The van der Waals surface area contributed by atoms with E-state index in [-0.39, 0.29) is 10.6 Å². The monoisotopic (exact) mass is 394 g/mol. The molecule has 3 aromatic carbocycles. The number of esters is 1. The molecule has 132 valence electrons. The van der Waals surface area contributed by atoms with Crippen molar-refractivity contribution in [2.75, 3.05) is 0 Å². The minimum atomic E-state index is -0.546. The molecule has 0 saturated heterocycles. The van der Waals surface area contributed by atoms with E-state index < -0.39 is 5.97 Å². The van der Waals surface area contributed by atoms with Crippen LogP contribution in [-0.2, 0) is 0 Å². The number of carbonyl (C=O) groups excluding carboxylic acids is 1. The third-order valence-corrected chi connectivity index (χ3v) is 4.51. The maximum atomic E-state index is 12.3. The second-order valence-electron chi connectivity index (χ2n) is 5.78. The van der Waals surface area contributed by atoms with Gasteiger partial charge in [0, 0.05) is 10.6 Å². The normalized spacial score (nSPS) is 10.7. The number of halogens is 2. The van der Waals surface area contributed by atoms with Gasteiger partial charge in [0.05, 0.1) is 33.5 Å². The second kappa shape index (κ2) is 7.35. The van der Waals surface area contributed by atoms with Crippen LogP contribution < -0.4 is 4.74 Å². The van der Waals surface area contributed by atoms with Crippen molar-refractivity contribution in [2.45, 2.75) is 0 Å². The Labute approximate surface area is 165 Å². The number of ether oxygens (including phenoxy) is 1. The lowest BCUT2D eigenvalue weighted by atomic mass is 10.1. The van der Waals surface area contributed by atoms with Gasteiger partial charge in [-0.15, -0.1) is 0 Å². The Bertz CT molecular complexity index is 1140. The van der Waals surface area contributed by atoms with Gasteiger partial charge in [0.25, 0.3) is 0 Å². The van der Waals surface area contributed by atoms with E-state index in [1.807, 2.05) is 36.4 Å². The van der Waals surface area contributed by atoms with Crippen LogP contribution in [0, 0.1) is 0 Å². The van der Waals surface area contributed by atoms with Gasteiger partial charge in [-0.05, 0) is 54.6 Å². The van der Waals surface area contributed by atoms with Crippen molar-refractivity contribution in [3.63, 3.8) is 0 Å². The second-order valence-corrected chi connectivity index (χ2v) is 6.63. The summed E-state index contributed by atoms with van der Waals surface area (Å²) in [6.45, 7) is 0. The molecule has 0 aliphatic carbocycles. The highest BCUT2D eigenvalue weighted by Crippen LogP contribution is 2.25. The summed E-state index contributed by atoms with van der Waals surface area (Å²) in [5.41, 5.74) is 3.53. The van der Waals surface area contributed by atoms with Crippen LogP contribution in [0.25, 0.3) is 22.3 Å². The zero-order valence-corrected chi connectivity index (χ0v) is 15.4. The third kappa shape index (κ3) is 3.77. The van der Waals surface area contributed by atoms with Crippen LogP contribution in [0.5, 0.6) is 5.75 Å². The van der Waals surface area contributed by atoms with Crippen molar-refractivity contribution >= 4 is 40.2 Å². The highest BCUT2D eigenvalue weighted by Gasteiger charge is 2.13. The summed E-state index contributed by atoms with van der Waals surface area (Å²) in [4.78, 5) is 21.3. The van der Waals surface area contributed by atoms with Crippen molar-refractivity contribution in [1.29, 1.82) is 0 Å². The molecule has 0 aliphatic rings. The van der Waals surface area contributed by atoms with Crippen LogP contribution in [0.3, 0.4) is 0 Å². The Hall–Kier alpha value is -2.95. The first-order valence-electron chi connectivity index (χ1n) is 8.09. The van der Waals surface area contributed by atoms with Crippen molar-refractivity contribution in [3.8, 4) is 17.0 Å². The van der Waals surface area contributed by atoms with E-state index >= 15 is 0 Å². The number of hydrogen-bond donors (Lipinski definition) is 0. The minimum absolute atomic E-state index is 0.246. The molecule has 0 atom stereocenters. The number of carbonyl (C=O) groups is 1. The Morgan fingerprint density at radius 1 is 0.889 bits per heavy atom. The number of benzene rings is 3. The molecule has 4 aromatic rings. The van der Waals surface area contributed by atoms with Crippen LogP contribution in [0.15, 0.2) is 72.9 Å². The van der Waals surface area contributed by atoms with E-state index in [0.717, 1.165) is 22.3 Å². The zero-order chi connectivity index (χ0) is 18.8. The number of rotatable bonds is 3. The molecule has 1 aromatic heterocycles. The van der Waals surface area contributed by atoms with Gasteiger partial charge >= 0.3 is 5.97 Å². The molecule has 1 heterocycles. The molecular weight excluding hydrogens is 383 g/mol. The lowest BCUT2D eigenvalue weighted by Gasteiger charge is -2.07. The van der Waals surface area contributed by atoms with Crippen LogP contribution >= 0.6 is 23.2 Å². The number of para-hydroxylation sites is 2. The zero-order valence-electron chi connectivity index (χ0n) is 13.9. The fraction of sp³-hybridized carbons (Fsp3) is 0. The van der Waals surface area contributed by atoms with E-state index in [0.29, 0.717) is 10.8 Å². The summed E-state index contributed by atoms with van der Waals surface area (Å²) >= 11 is 11.9. The summed E-state index contributed by atoms with van der Waals surface area (Å²) in [5.74, 6) is -0.140. The Morgan fingerprint density at radius 3 is 2.37 bits per heavy atom. The lowest BCUT2D eigenvalue weighted by molar-refractivity contribution is 0.0735. The standard InChI is InChI=1S/C21H12Cl2N2O2/c22-14-7-10-16(17(23)11-14)21(26)27-15-8-5-13(6-9-15)20-12-24-18-3-1-2-4-19(18)25-20/h1-12H. The van der Waals surface area contributed by atoms with Crippen molar-refractivity contribution in [1.82, 2.24) is 9.97 Å². The minimum Gasteiger partial charge on any atom is -0.423 e. The van der Waals surface area contributed by atoms with Gasteiger partial charge in [-0.1, -0.05) is 35.3 Å². The molecule has 0 amide bonds. The average Bonchev–Trinajstić information content (AvgIpc) is 2.68. The molecule has 4 rings (SSSR count). The molecule has 6 heteroatoms. The molecule has 0 saturated carbocycles. The van der Waals surface area contributed by atoms with E-state index in [4.69, 9.17) is 27.9 Å².